The van der Waals surface area contributed by atoms with Crippen molar-refractivity contribution in [1.82, 2.24) is 9.97 Å². The molecule has 0 bridgehead atoms. The summed E-state index contributed by atoms with van der Waals surface area (Å²) in [5.74, 6) is 1.01. The molecule has 0 saturated carbocycles. The van der Waals surface area contributed by atoms with Crippen LogP contribution in [0.1, 0.15) is 22.4 Å². The average molecular weight is 336 g/mol. The summed E-state index contributed by atoms with van der Waals surface area (Å²) in [5, 5.41) is 4.62. The number of thiophene rings is 1. The van der Waals surface area contributed by atoms with Crippen LogP contribution < -0.4 is 10.2 Å². The molecular formula is C18H16N4OS. The molecule has 0 spiro atoms. The molecule has 1 aromatic carbocycles. The molecule has 0 radical (unpaired) electrons. The van der Waals surface area contributed by atoms with E-state index in [2.05, 4.69) is 21.4 Å². The predicted molar refractivity (Wildman–Crippen MR) is 96.3 cm³/mol. The van der Waals surface area contributed by atoms with Gasteiger partial charge in [0, 0.05) is 23.3 Å². The van der Waals surface area contributed by atoms with Crippen molar-refractivity contribution in [1.29, 1.82) is 0 Å². The number of amides is 1. The number of aromatic nitrogens is 2. The van der Waals surface area contributed by atoms with Gasteiger partial charge in [-0.15, -0.1) is 11.3 Å². The van der Waals surface area contributed by atoms with Gasteiger partial charge in [-0.25, -0.2) is 9.97 Å². The van der Waals surface area contributed by atoms with Crippen molar-refractivity contribution in [2.45, 2.75) is 25.7 Å². The summed E-state index contributed by atoms with van der Waals surface area (Å²) in [7, 11) is 1.82. The molecule has 2 aromatic heterocycles. The maximum Gasteiger partial charge on any atom is 0.231 e. The van der Waals surface area contributed by atoms with Crippen LogP contribution in [-0.2, 0) is 24.1 Å². The molecule has 1 amide bonds. The number of carbonyl (C=O) groups is 1. The van der Waals surface area contributed by atoms with Crippen LogP contribution in [0, 0.1) is 0 Å². The lowest BCUT2D eigenvalue weighted by Crippen LogP contribution is -2.20. The van der Waals surface area contributed by atoms with E-state index >= 15 is 0 Å². The molecule has 5 nitrogen and oxygen atoms in total. The lowest BCUT2D eigenvalue weighted by molar-refractivity contribution is -0.117. The lowest BCUT2D eigenvalue weighted by atomic mass is 10.1. The summed E-state index contributed by atoms with van der Waals surface area (Å²) >= 11 is 1.79. The molecule has 2 aliphatic rings. The smallest absolute Gasteiger partial charge is 0.231 e. The number of nitrogens with zero attached hydrogens (tertiary/aromatic N) is 3. The van der Waals surface area contributed by atoms with E-state index in [9.17, 15) is 4.79 Å². The molecule has 3 aromatic rings. The fraction of sp³-hybridized carbons (Fsp3) is 0.278. The number of carbonyl (C=O) groups excluding carboxylic acids is 1. The Labute approximate surface area is 143 Å². The van der Waals surface area contributed by atoms with Crippen LogP contribution in [0.5, 0.6) is 0 Å². The van der Waals surface area contributed by atoms with Gasteiger partial charge in [-0.1, -0.05) is 0 Å². The Balaban J connectivity index is 1.56. The molecule has 3 heterocycles. The van der Waals surface area contributed by atoms with Crippen LogP contribution in [0.15, 0.2) is 24.5 Å². The van der Waals surface area contributed by atoms with E-state index in [1.165, 1.54) is 22.2 Å². The van der Waals surface area contributed by atoms with Gasteiger partial charge in [0.15, 0.2) is 0 Å². The fourth-order valence-corrected chi connectivity index (χ4v) is 4.94. The quantitative estimate of drug-likeness (QED) is 0.779. The Morgan fingerprint density at radius 1 is 1.25 bits per heavy atom. The minimum Gasteiger partial charge on any atom is -0.340 e. The van der Waals surface area contributed by atoms with Gasteiger partial charge in [0.05, 0.1) is 11.8 Å². The van der Waals surface area contributed by atoms with Gasteiger partial charge >= 0.3 is 0 Å². The first-order valence-electron chi connectivity index (χ1n) is 8.12. The zero-order valence-electron chi connectivity index (χ0n) is 13.3. The van der Waals surface area contributed by atoms with E-state index in [0.717, 1.165) is 40.4 Å². The molecule has 1 aliphatic heterocycles. The summed E-state index contributed by atoms with van der Waals surface area (Å²) in [4.78, 5) is 25.0. The van der Waals surface area contributed by atoms with E-state index in [1.54, 1.807) is 22.6 Å². The Bertz CT molecular complexity index is 994. The second kappa shape index (κ2) is 5.01. The topological polar surface area (TPSA) is 58.1 Å². The number of nitrogens with one attached hydrogen (secondary N) is 1. The normalized spacial score (nSPS) is 15.9. The van der Waals surface area contributed by atoms with E-state index in [4.69, 9.17) is 0 Å². The fourth-order valence-electron chi connectivity index (χ4n) is 3.71. The number of likely N-dealkylation sites (N-methyl/N-ethyl adjacent to an activating group) is 1. The van der Waals surface area contributed by atoms with Crippen LogP contribution in [0.4, 0.5) is 17.2 Å². The number of benzene rings is 1. The summed E-state index contributed by atoms with van der Waals surface area (Å²) in [5.41, 5.74) is 4.44. The first-order valence-corrected chi connectivity index (χ1v) is 8.94. The second-order valence-electron chi connectivity index (χ2n) is 6.36. The Hall–Kier alpha value is -2.47. The average Bonchev–Trinajstić information content (AvgIpc) is 3.22. The molecule has 0 unspecified atom stereocenters. The van der Waals surface area contributed by atoms with Gasteiger partial charge in [0.1, 0.15) is 17.0 Å². The maximum absolute atomic E-state index is 11.9. The number of hydrogen-bond acceptors (Lipinski definition) is 5. The minimum absolute atomic E-state index is 0.141. The molecule has 120 valence electrons. The first kappa shape index (κ1) is 13.9. The van der Waals surface area contributed by atoms with Crippen LogP contribution in [0.25, 0.3) is 10.2 Å². The molecule has 0 atom stereocenters. The molecule has 24 heavy (non-hydrogen) atoms. The van der Waals surface area contributed by atoms with Crippen LogP contribution in [-0.4, -0.2) is 22.9 Å². The molecule has 6 heteroatoms. The van der Waals surface area contributed by atoms with E-state index in [1.807, 2.05) is 19.2 Å². The van der Waals surface area contributed by atoms with Crippen LogP contribution in [0.2, 0.25) is 0 Å². The molecular weight excluding hydrogens is 320 g/mol. The van der Waals surface area contributed by atoms with Gasteiger partial charge < -0.3 is 10.2 Å². The minimum atomic E-state index is 0.141. The monoisotopic (exact) mass is 336 g/mol. The number of fused-ring (bicyclic) bond motifs is 4. The van der Waals surface area contributed by atoms with Crippen LogP contribution >= 0.6 is 11.3 Å². The van der Waals surface area contributed by atoms with E-state index in [-0.39, 0.29) is 5.91 Å². The summed E-state index contributed by atoms with van der Waals surface area (Å²) in [6.45, 7) is 0. The zero-order valence-corrected chi connectivity index (χ0v) is 14.1. The Kier molecular flexibility index (Phi) is 2.91. The summed E-state index contributed by atoms with van der Waals surface area (Å²) in [6.07, 6.45) is 5.58. The summed E-state index contributed by atoms with van der Waals surface area (Å²) in [6, 6.07) is 6.06. The highest BCUT2D eigenvalue weighted by Crippen LogP contribution is 2.40. The SMILES string of the molecule is CN1C(=O)Cc2cc(Nc3ncnc4sc5c(c34)CCC5)ccc21. The van der Waals surface area contributed by atoms with Crippen molar-refractivity contribution in [3.63, 3.8) is 0 Å². The number of anilines is 3. The standard InChI is InChI=1S/C18H16N4OS/c1-22-13-6-5-11(7-10(13)8-15(22)23)21-17-16-12-3-2-4-14(12)24-18(16)20-9-19-17/h5-7,9H,2-4,8H2,1H3,(H,19,20,21). The second-order valence-corrected chi connectivity index (χ2v) is 7.44. The third-order valence-electron chi connectivity index (χ3n) is 4.92. The number of aryl methyl sites for hydroxylation is 2. The summed E-state index contributed by atoms with van der Waals surface area (Å²) < 4.78 is 0. The largest absolute Gasteiger partial charge is 0.340 e. The van der Waals surface area contributed by atoms with Crippen molar-refractivity contribution in [2.75, 3.05) is 17.3 Å². The predicted octanol–water partition coefficient (Wildman–Crippen LogP) is 3.44. The highest BCUT2D eigenvalue weighted by molar-refractivity contribution is 7.19. The molecule has 5 rings (SSSR count). The van der Waals surface area contributed by atoms with Crippen molar-refractivity contribution in [2.24, 2.45) is 0 Å². The molecule has 0 saturated heterocycles. The number of hydrogen-bond donors (Lipinski definition) is 1. The van der Waals surface area contributed by atoms with Crippen molar-refractivity contribution in [3.05, 3.63) is 40.5 Å². The lowest BCUT2D eigenvalue weighted by Gasteiger charge is -2.12. The first-order chi connectivity index (χ1) is 11.7. The van der Waals surface area contributed by atoms with Crippen molar-refractivity contribution in [3.8, 4) is 0 Å². The van der Waals surface area contributed by atoms with Gasteiger partial charge in [-0.2, -0.15) is 0 Å². The van der Waals surface area contributed by atoms with E-state index < -0.39 is 0 Å². The molecule has 0 fully saturated rings. The van der Waals surface area contributed by atoms with Crippen molar-refractivity contribution < 1.29 is 4.79 Å². The van der Waals surface area contributed by atoms with Gasteiger partial charge in [0.2, 0.25) is 5.91 Å². The highest BCUT2D eigenvalue weighted by Gasteiger charge is 2.25. The van der Waals surface area contributed by atoms with E-state index in [0.29, 0.717) is 6.42 Å². The Morgan fingerprint density at radius 3 is 3.08 bits per heavy atom. The highest BCUT2D eigenvalue weighted by atomic mass is 32.1. The van der Waals surface area contributed by atoms with Crippen LogP contribution in [0.3, 0.4) is 0 Å². The Morgan fingerprint density at radius 2 is 2.17 bits per heavy atom. The van der Waals surface area contributed by atoms with Gasteiger partial charge in [0.25, 0.3) is 0 Å². The van der Waals surface area contributed by atoms with Gasteiger partial charge in [-0.05, 0) is 48.6 Å². The maximum atomic E-state index is 11.9. The molecule has 1 N–H and O–H groups in total. The third-order valence-corrected chi connectivity index (χ3v) is 6.12. The zero-order chi connectivity index (χ0) is 16.3. The third kappa shape index (κ3) is 1.96. The van der Waals surface area contributed by atoms with Crippen molar-refractivity contribution >= 4 is 44.7 Å². The number of rotatable bonds is 2. The van der Waals surface area contributed by atoms with Gasteiger partial charge in [-0.3, -0.25) is 4.79 Å². The molecule has 1 aliphatic carbocycles.